The van der Waals surface area contributed by atoms with Gasteiger partial charge in [-0.25, -0.2) is 0 Å². The number of benzene rings is 2. The minimum atomic E-state index is 0.510. The second-order valence-electron chi connectivity index (χ2n) is 6.50. The van der Waals surface area contributed by atoms with E-state index in [1.54, 1.807) is 0 Å². The van der Waals surface area contributed by atoms with Crippen molar-refractivity contribution >= 4 is 0 Å². The SMILES string of the molecule is c1ccc(C2CCNCC2COc2ccc3c(c2)COC3)cc1. The first-order valence-electron chi connectivity index (χ1n) is 8.48. The molecule has 0 aromatic heterocycles. The number of ether oxygens (including phenoxy) is 2. The van der Waals surface area contributed by atoms with Crippen molar-refractivity contribution in [2.45, 2.75) is 25.6 Å². The topological polar surface area (TPSA) is 30.5 Å². The van der Waals surface area contributed by atoms with Crippen molar-refractivity contribution in [3.8, 4) is 5.75 Å². The zero-order chi connectivity index (χ0) is 15.5. The van der Waals surface area contributed by atoms with Gasteiger partial charge in [0.05, 0.1) is 19.8 Å². The van der Waals surface area contributed by atoms with Crippen LogP contribution in [0.15, 0.2) is 48.5 Å². The van der Waals surface area contributed by atoms with E-state index in [9.17, 15) is 0 Å². The molecule has 2 heterocycles. The molecule has 1 saturated heterocycles. The van der Waals surface area contributed by atoms with Crippen LogP contribution in [0, 0.1) is 5.92 Å². The van der Waals surface area contributed by atoms with Crippen molar-refractivity contribution in [2.75, 3.05) is 19.7 Å². The summed E-state index contributed by atoms with van der Waals surface area (Å²) in [5.41, 5.74) is 3.99. The highest BCUT2D eigenvalue weighted by atomic mass is 16.5. The summed E-state index contributed by atoms with van der Waals surface area (Å²) < 4.78 is 11.6. The van der Waals surface area contributed by atoms with Gasteiger partial charge in [-0.1, -0.05) is 36.4 Å². The Bertz CT molecular complexity index is 656. The van der Waals surface area contributed by atoms with Crippen molar-refractivity contribution in [1.29, 1.82) is 0 Å². The van der Waals surface area contributed by atoms with Gasteiger partial charge in [-0.3, -0.25) is 0 Å². The van der Waals surface area contributed by atoms with Gasteiger partial charge in [0.15, 0.2) is 0 Å². The molecule has 0 amide bonds. The van der Waals surface area contributed by atoms with Crippen LogP contribution in [0.1, 0.15) is 29.0 Å². The molecule has 0 bridgehead atoms. The molecule has 0 saturated carbocycles. The van der Waals surface area contributed by atoms with Crippen LogP contribution in [-0.4, -0.2) is 19.7 Å². The third-order valence-corrected chi connectivity index (χ3v) is 4.99. The number of nitrogens with one attached hydrogen (secondary N) is 1. The second kappa shape index (κ2) is 6.73. The monoisotopic (exact) mass is 309 g/mol. The van der Waals surface area contributed by atoms with Crippen molar-refractivity contribution in [3.05, 3.63) is 65.2 Å². The van der Waals surface area contributed by atoms with Crippen LogP contribution in [0.3, 0.4) is 0 Å². The summed E-state index contributed by atoms with van der Waals surface area (Å²) in [6.07, 6.45) is 1.18. The zero-order valence-corrected chi connectivity index (χ0v) is 13.3. The number of piperidine rings is 1. The highest BCUT2D eigenvalue weighted by Gasteiger charge is 2.27. The first-order valence-corrected chi connectivity index (χ1v) is 8.48. The highest BCUT2D eigenvalue weighted by Crippen LogP contribution is 2.31. The Labute approximate surface area is 137 Å². The van der Waals surface area contributed by atoms with E-state index >= 15 is 0 Å². The summed E-state index contributed by atoms with van der Waals surface area (Å²) in [6.45, 7) is 4.31. The Morgan fingerprint density at radius 1 is 1.04 bits per heavy atom. The normalized spacial score (nSPS) is 23.5. The van der Waals surface area contributed by atoms with Gasteiger partial charge in [0.25, 0.3) is 0 Å². The van der Waals surface area contributed by atoms with Crippen LogP contribution < -0.4 is 10.1 Å². The van der Waals surface area contributed by atoms with E-state index in [-0.39, 0.29) is 0 Å². The molecule has 3 nitrogen and oxygen atoms in total. The molecule has 2 atom stereocenters. The molecular formula is C20H23NO2. The molecule has 0 spiro atoms. The first kappa shape index (κ1) is 14.7. The van der Waals surface area contributed by atoms with Crippen molar-refractivity contribution in [3.63, 3.8) is 0 Å². The van der Waals surface area contributed by atoms with E-state index in [1.165, 1.54) is 23.1 Å². The smallest absolute Gasteiger partial charge is 0.119 e. The maximum absolute atomic E-state index is 6.13. The molecule has 2 aromatic rings. The van der Waals surface area contributed by atoms with E-state index in [0.717, 1.165) is 32.1 Å². The highest BCUT2D eigenvalue weighted by molar-refractivity contribution is 5.36. The molecule has 120 valence electrons. The third kappa shape index (κ3) is 3.26. The van der Waals surface area contributed by atoms with Crippen LogP contribution in [0.5, 0.6) is 5.75 Å². The van der Waals surface area contributed by atoms with Crippen molar-refractivity contribution in [2.24, 2.45) is 5.92 Å². The minimum absolute atomic E-state index is 0.510. The van der Waals surface area contributed by atoms with Gasteiger partial charge in [0.1, 0.15) is 5.75 Å². The van der Waals surface area contributed by atoms with E-state index < -0.39 is 0 Å². The fourth-order valence-corrected chi connectivity index (χ4v) is 3.68. The van der Waals surface area contributed by atoms with Crippen LogP contribution >= 0.6 is 0 Å². The second-order valence-corrected chi connectivity index (χ2v) is 6.50. The Morgan fingerprint density at radius 3 is 2.83 bits per heavy atom. The fraction of sp³-hybridized carbons (Fsp3) is 0.400. The summed E-state index contributed by atoms with van der Waals surface area (Å²) in [4.78, 5) is 0. The lowest BCUT2D eigenvalue weighted by molar-refractivity contribution is 0.134. The maximum atomic E-state index is 6.13. The van der Waals surface area contributed by atoms with Crippen LogP contribution in [0.2, 0.25) is 0 Å². The average molecular weight is 309 g/mol. The average Bonchev–Trinajstić information content (AvgIpc) is 3.09. The summed E-state index contributed by atoms with van der Waals surface area (Å²) >= 11 is 0. The van der Waals surface area contributed by atoms with Crippen LogP contribution in [-0.2, 0) is 18.0 Å². The number of rotatable bonds is 4. The lowest BCUT2D eigenvalue weighted by Crippen LogP contribution is -2.38. The summed E-state index contributed by atoms with van der Waals surface area (Å²) in [5.74, 6) is 2.05. The standard InChI is InChI=1S/C20H23NO2/c1-2-4-15(5-3-1)20-8-9-21-11-18(20)14-23-19-7-6-16-12-22-13-17(16)10-19/h1-7,10,18,20-21H,8-9,11-14H2. The van der Waals surface area contributed by atoms with Gasteiger partial charge in [-0.15, -0.1) is 0 Å². The molecule has 0 aliphatic carbocycles. The Hall–Kier alpha value is -1.84. The van der Waals surface area contributed by atoms with Gasteiger partial charge >= 0.3 is 0 Å². The van der Waals surface area contributed by atoms with Gasteiger partial charge in [-0.05, 0) is 47.7 Å². The molecule has 3 heteroatoms. The van der Waals surface area contributed by atoms with Gasteiger partial charge in [0, 0.05) is 12.5 Å². The molecule has 2 unspecified atom stereocenters. The Balaban J connectivity index is 1.44. The van der Waals surface area contributed by atoms with E-state index in [0.29, 0.717) is 18.4 Å². The number of hydrogen-bond donors (Lipinski definition) is 1. The van der Waals surface area contributed by atoms with E-state index in [2.05, 4.69) is 53.8 Å². The zero-order valence-electron chi connectivity index (χ0n) is 13.3. The van der Waals surface area contributed by atoms with Crippen molar-refractivity contribution < 1.29 is 9.47 Å². The fourth-order valence-electron chi connectivity index (χ4n) is 3.68. The lowest BCUT2D eigenvalue weighted by atomic mass is 9.81. The van der Waals surface area contributed by atoms with Gasteiger partial charge in [-0.2, -0.15) is 0 Å². The molecular weight excluding hydrogens is 286 g/mol. The van der Waals surface area contributed by atoms with Gasteiger partial charge < -0.3 is 14.8 Å². The van der Waals surface area contributed by atoms with E-state index in [1.807, 2.05) is 0 Å². The molecule has 0 radical (unpaired) electrons. The molecule has 1 fully saturated rings. The predicted octanol–water partition coefficient (Wildman–Crippen LogP) is 3.49. The van der Waals surface area contributed by atoms with Crippen LogP contribution in [0.4, 0.5) is 0 Å². The maximum Gasteiger partial charge on any atom is 0.119 e. The lowest BCUT2D eigenvalue weighted by Gasteiger charge is -2.32. The van der Waals surface area contributed by atoms with Gasteiger partial charge in [0.2, 0.25) is 0 Å². The quantitative estimate of drug-likeness (QED) is 0.938. The minimum Gasteiger partial charge on any atom is -0.493 e. The predicted molar refractivity (Wildman–Crippen MR) is 90.6 cm³/mol. The molecule has 4 rings (SSSR count). The molecule has 2 aliphatic heterocycles. The first-order chi connectivity index (χ1) is 11.4. The largest absolute Gasteiger partial charge is 0.493 e. The summed E-state index contributed by atoms with van der Waals surface area (Å²) in [7, 11) is 0. The number of fused-ring (bicyclic) bond motifs is 1. The number of hydrogen-bond acceptors (Lipinski definition) is 3. The summed E-state index contributed by atoms with van der Waals surface area (Å²) in [5, 5.41) is 3.51. The van der Waals surface area contributed by atoms with Crippen molar-refractivity contribution in [1.82, 2.24) is 5.32 Å². The molecule has 1 N–H and O–H groups in total. The summed E-state index contributed by atoms with van der Waals surface area (Å²) in [6, 6.07) is 17.2. The molecule has 2 aromatic carbocycles. The van der Waals surface area contributed by atoms with E-state index in [4.69, 9.17) is 9.47 Å². The molecule has 2 aliphatic rings. The van der Waals surface area contributed by atoms with Crippen LogP contribution in [0.25, 0.3) is 0 Å². The Morgan fingerprint density at radius 2 is 1.91 bits per heavy atom. The molecule has 23 heavy (non-hydrogen) atoms. The Kier molecular flexibility index (Phi) is 4.31. The third-order valence-electron chi connectivity index (χ3n) is 4.99.